The van der Waals surface area contributed by atoms with E-state index in [9.17, 15) is 4.79 Å². The molecule has 0 spiro atoms. The second-order valence-corrected chi connectivity index (χ2v) is 7.61. The van der Waals surface area contributed by atoms with Gasteiger partial charge in [0.25, 0.3) is 0 Å². The molecular weight excluding hydrogens is 260 g/mol. The molecule has 3 atom stereocenters. The number of hydrogen-bond donors (Lipinski definition) is 1. The normalized spacial score (nSPS) is 22.9. The zero-order chi connectivity index (χ0) is 15.8. The summed E-state index contributed by atoms with van der Waals surface area (Å²) in [5.74, 6) is 0.161. The van der Waals surface area contributed by atoms with Crippen molar-refractivity contribution in [3.8, 4) is 0 Å². The maximum Gasteiger partial charge on any atom is 0.306 e. The molecule has 1 aliphatic rings. The predicted octanol–water partition coefficient (Wildman–Crippen LogP) is 4.90. The fourth-order valence-electron chi connectivity index (χ4n) is 3.42. The van der Waals surface area contributed by atoms with Crippen molar-refractivity contribution < 1.29 is 9.90 Å². The Bertz CT molecular complexity index is 525. The molecule has 0 aromatic heterocycles. The van der Waals surface area contributed by atoms with Crippen molar-refractivity contribution in [2.45, 2.75) is 65.2 Å². The molecule has 116 valence electrons. The van der Waals surface area contributed by atoms with E-state index in [4.69, 9.17) is 5.11 Å². The number of carbonyl (C=O) groups is 1. The number of carboxylic acid groups (broad SMARTS) is 1. The molecule has 1 aromatic carbocycles. The zero-order valence-electron chi connectivity index (χ0n) is 13.9. The van der Waals surface area contributed by atoms with Gasteiger partial charge in [0.05, 0.1) is 5.92 Å². The fraction of sp³-hybridized carbons (Fsp3) is 0.632. The van der Waals surface area contributed by atoms with Crippen LogP contribution in [0.5, 0.6) is 0 Å². The lowest BCUT2D eigenvalue weighted by atomic mass is 9.80. The van der Waals surface area contributed by atoms with Crippen LogP contribution in [-0.2, 0) is 10.2 Å². The van der Waals surface area contributed by atoms with Crippen LogP contribution < -0.4 is 0 Å². The summed E-state index contributed by atoms with van der Waals surface area (Å²) in [6.07, 6.45) is 2.96. The Labute approximate surface area is 128 Å². The van der Waals surface area contributed by atoms with Gasteiger partial charge in [-0.1, -0.05) is 45.9 Å². The molecular formula is C19H28O2. The van der Waals surface area contributed by atoms with Gasteiger partial charge in [0, 0.05) is 0 Å². The van der Waals surface area contributed by atoms with Crippen LogP contribution in [0.25, 0.3) is 0 Å². The number of aryl methyl sites for hydroxylation is 1. The van der Waals surface area contributed by atoms with E-state index in [1.807, 2.05) is 0 Å². The summed E-state index contributed by atoms with van der Waals surface area (Å²) in [5, 5.41) is 9.07. The van der Waals surface area contributed by atoms with E-state index in [0.717, 1.165) is 19.3 Å². The first-order valence-corrected chi connectivity index (χ1v) is 8.07. The van der Waals surface area contributed by atoms with Crippen LogP contribution >= 0.6 is 0 Å². The monoisotopic (exact) mass is 288 g/mol. The number of hydrogen-bond acceptors (Lipinski definition) is 1. The van der Waals surface area contributed by atoms with Gasteiger partial charge in [-0.05, 0) is 60.1 Å². The van der Waals surface area contributed by atoms with Crippen molar-refractivity contribution in [2.24, 2.45) is 11.8 Å². The number of aliphatic carboxylic acids is 1. The third kappa shape index (κ3) is 3.66. The molecule has 1 saturated carbocycles. The fourth-order valence-corrected chi connectivity index (χ4v) is 3.42. The molecule has 0 bridgehead atoms. The Morgan fingerprint density at radius 1 is 1.38 bits per heavy atom. The number of carboxylic acids is 1. The molecule has 1 aliphatic carbocycles. The largest absolute Gasteiger partial charge is 0.481 e. The smallest absolute Gasteiger partial charge is 0.306 e. The highest BCUT2D eigenvalue weighted by Gasteiger charge is 2.43. The minimum atomic E-state index is -0.617. The zero-order valence-corrected chi connectivity index (χ0v) is 13.9. The molecule has 0 amide bonds. The SMILES string of the molecule is CCC(CC1CC1C(=O)O)c1ccc(C)c(C(C)(C)C)c1. The third-order valence-electron chi connectivity index (χ3n) is 4.86. The summed E-state index contributed by atoms with van der Waals surface area (Å²) in [5.41, 5.74) is 4.28. The van der Waals surface area contributed by atoms with Gasteiger partial charge >= 0.3 is 5.97 Å². The molecule has 2 rings (SSSR count). The average Bonchev–Trinajstić information content (AvgIpc) is 3.15. The minimum Gasteiger partial charge on any atom is -0.481 e. The predicted molar refractivity (Wildman–Crippen MR) is 86.8 cm³/mol. The first-order chi connectivity index (χ1) is 9.74. The molecule has 0 heterocycles. The summed E-state index contributed by atoms with van der Waals surface area (Å²) < 4.78 is 0. The summed E-state index contributed by atoms with van der Waals surface area (Å²) in [6, 6.07) is 6.80. The molecule has 3 unspecified atom stereocenters. The van der Waals surface area contributed by atoms with Gasteiger partial charge in [-0.3, -0.25) is 4.79 Å². The van der Waals surface area contributed by atoms with Gasteiger partial charge in [-0.2, -0.15) is 0 Å². The molecule has 1 N–H and O–H groups in total. The highest BCUT2D eigenvalue weighted by Crippen LogP contribution is 2.46. The number of rotatable bonds is 5. The quantitative estimate of drug-likeness (QED) is 0.837. The lowest BCUT2D eigenvalue weighted by Crippen LogP contribution is -2.14. The Hall–Kier alpha value is -1.31. The van der Waals surface area contributed by atoms with Crippen molar-refractivity contribution in [3.63, 3.8) is 0 Å². The highest BCUT2D eigenvalue weighted by atomic mass is 16.4. The van der Waals surface area contributed by atoms with E-state index in [-0.39, 0.29) is 11.3 Å². The van der Waals surface area contributed by atoms with E-state index in [0.29, 0.717) is 11.8 Å². The maximum absolute atomic E-state index is 11.0. The second-order valence-electron chi connectivity index (χ2n) is 7.61. The molecule has 0 saturated heterocycles. The van der Waals surface area contributed by atoms with Gasteiger partial charge in [-0.15, -0.1) is 0 Å². The minimum absolute atomic E-state index is 0.0911. The Morgan fingerprint density at radius 2 is 2.05 bits per heavy atom. The highest BCUT2D eigenvalue weighted by molar-refractivity contribution is 5.73. The van der Waals surface area contributed by atoms with Gasteiger partial charge in [0.1, 0.15) is 0 Å². The van der Waals surface area contributed by atoms with Crippen LogP contribution in [-0.4, -0.2) is 11.1 Å². The molecule has 2 heteroatoms. The van der Waals surface area contributed by atoms with Gasteiger partial charge in [-0.25, -0.2) is 0 Å². The van der Waals surface area contributed by atoms with E-state index >= 15 is 0 Å². The number of benzene rings is 1. The lowest BCUT2D eigenvalue weighted by Gasteiger charge is -2.25. The summed E-state index contributed by atoms with van der Waals surface area (Å²) in [7, 11) is 0. The van der Waals surface area contributed by atoms with Gasteiger partial charge in [0.2, 0.25) is 0 Å². The van der Waals surface area contributed by atoms with E-state index in [2.05, 4.69) is 52.8 Å². The van der Waals surface area contributed by atoms with Gasteiger partial charge < -0.3 is 5.11 Å². The van der Waals surface area contributed by atoms with E-state index < -0.39 is 5.97 Å². The second kappa shape index (κ2) is 5.82. The van der Waals surface area contributed by atoms with Crippen LogP contribution in [0.2, 0.25) is 0 Å². The van der Waals surface area contributed by atoms with E-state index in [1.165, 1.54) is 16.7 Å². The lowest BCUT2D eigenvalue weighted by molar-refractivity contribution is -0.138. The molecule has 1 aromatic rings. The molecule has 1 fully saturated rings. The Kier molecular flexibility index (Phi) is 4.46. The van der Waals surface area contributed by atoms with Crippen LogP contribution in [0.1, 0.15) is 69.6 Å². The first-order valence-electron chi connectivity index (χ1n) is 8.07. The van der Waals surface area contributed by atoms with Crippen LogP contribution in [0.3, 0.4) is 0 Å². The van der Waals surface area contributed by atoms with Crippen molar-refractivity contribution in [2.75, 3.05) is 0 Å². The van der Waals surface area contributed by atoms with Crippen molar-refractivity contribution >= 4 is 5.97 Å². The molecule has 21 heavy (non-hydrogen) atoms. The van der Waals surface area contributed by atoms with Crippen LogP contribution in [0, 0.1) is 18.8 Å². The molecule has 0 radical (unpaired) electrons. The summed E-state index contributed by atoms with van der Waals surface area (Å²) in [6.45, 7) is 11.1. The standard InChI is InChI=1S/C19H28O2/c1-6-13(9-15-10-16(15)18(20)21)14-8-7-12(2)17(11-14)19(3,4)5/h7-8,11,13,15-16H,6,9-10H2,1-5H3,(H,20,21). The summed E-state index contributed by atoms with van der Waals surface area (Å²) >= 11 is 0. The topological polar surface area (TPSA) is 37.3 Å². The maximum atomic E-state index is 11.0. The summed E-state index contributed by atoms with van der Waals surface area (Å²) in [4.78, 5) is 11.0. The third-order valence-corrected chi connectivity index (χ3v) is 4.86. The molecule has 0 aliphatic heterocycles. The van der Waals surface area contributed by atoms with Crippen molar-refractivity contribution in [1.29, 1.82) is 0 Å². The average molecular weight is 288 g/mol. The first kappa shape index (κ1) is 16.1. The Balaban J connectivity index is 2.17. The van der Waals surface area contributed by atoms with Crippen LogP contribution in [0.4, 0.5) is 0 Å². The van der Waals surface area contributed by atoms with Crippen molar-refractivity contribution in [3.05, 3.63) is 34.9 Å². The van der Waals surface area contributed by atoms with E-state index in [1.54, 1.807) is 0 Å². The van der Waals surface area contributed by atoms with Crippen LogP contribution in [0.15, 0.2) is 18.2 Å². The Morgan fingerprint density at radius 3 is 2.52 bits per heavy atom. The van der Waals surface area contributed by atoms with Gasteiger partial charge in [0.15, 0.2) is 0 Å². The van der Waals surface area contributed by atoms with Crippen molar-refractivity contribution in [1.82, 2.24) is 0 Å². The molecule has 2 nitrogen and oxygen atoms in total.